The third-order valence-corrected chi connectivity index (χ3v) is 3.10. The van der Waals surface area contributed by atoms with Crippen LogP contribution in [0.5, 0.6) is 5.75 Å². The van der Waals surface area contributed by atoms with Crippen molar-refractivity contribution >= 4 is 11.0 Å². The Morgan fingerprint density at radius 3 is 2.44 bits per heavy atom. The maximum atomic E-state index is 12.0. The summed E-state index contributed by atoms with van der Waals surface area (Å²) in [6, 6.07) is 4.97. The average molecular weight is 246 g/mol. The fraction of sp³-hybridized carbons (Fsp3) is 0.400. The van der Waals surface area contributed by atoms with Crippen LogP contribution in [-0.2, 0) is 12.8 Å². The van der Waals surface area contributed by atoms with Crippen molar-refractivity contribution in [2.24, 2.45) is 0 Å². The molecule has 0 unspecified atom stereocenters. The zero-order valence-electron chi connectivity index (χ0n) is 10.8. The van der Waals surface area contributed by atoms with E-state index in [2.05, 4.69) is 13.8 Å². The lowest BCUT2D eigenvalue weighted by molar-refractivity contribution is 0.472. The molecule has 0 saturated heterocycles. The zero-order chi connectivity index (χ0) is 13.1. The first-order valence-electron chi connectivity index (χ1n) is 6.45. The highest BCUT2D eigenvalue weighted by Gasteiger charge is 2.13. The molecule has 0 bridgehead atoms. The highest BCUT2D eigenvalue weighted by atomic mass is 16.4. The summed E-state index contributed by atoms with van der Waals surface area (Å²) in [6.45, 7) is 4.15. The topological polar surface area (TPSA) is 50.4 Å². The molecule has 1 N–H and O–H groups in total. The van der Waals surface area contributed by atoms with Crippen molar-refractivity contribution < 1.29 is 9.52 Å². The number of phenols is 1. The number of benzene rings is 1. The summed E-state index contributed by atoms with van der Waals surface area (Å²) in [5, 5.41) is 10.4. The molecule has 3 heteroatoms. The molecule has 2 aromatic rings. The Bertz CT molecular complexity index is 611. The fourth-order valence-electron chi connectivity index (χ4n) is 2.33. The Balaban J connectivity index is 2.75. The first kappa shape index (κ1) is 12.7. The highest BCUT2D eigenvalue weighted by Crippen LogP contribution is 2.25. The van der Waals surface area contributed by atoms with E-state index in [0.29, 0.717) is 5.58 Å². The van der Waals surface area contributed by atoms with E-state index in [4.69, 9.17) is 4.42 Å². The number of fused-ring (bicyclic) bond motifs is 1. The normalized spacial score (nSPS) is 11.0. The molecule has 0 spiro atoms. The van der Waals surface area contributed by atoms with Crippen LogP contribution in [0.25, 0.3) is 11.0 Å². The molecule has 0 aliphatic heterocycles. The molecule has 2 rings (SSSR count). The van der Waals surface area contributed by atoms with Gasteiger partial charge in [0.05, 0.1) is 0 Å². The predicted molar refractivity (Wildman–Crippen MR) is 72.1 cm³/mol. The third kappa shape index (κ3) is 2.26. The number of aromatic hydroxyl groups is 1. The van der Waals surface area contributed by atoms with E-state index in [1.165, 1.54) is 6.07 Å². The minimum absolute atomic E-state index is 0.122. The Hall–Kier alpha value is -1.77. The molecular weight excluding hydrogens is 228 g/mol. The van der Waals surface area contributed by atoms with E-state index in [0.717, 1.165) is 42.2 Å². The predicted octanol–water partition coefficient (Wildman–Crippen LogP) is 3.40. The van der Waals surface area contributed by atoms with Crippen molar-refractivity contribution in [3.63, 3.8) is 0 Å². The highest BCUT2D eigenvalue weighted by molar-refractivity contribution is 5.82. The van der Waals surface area contributed by atoms with Crippen LogP contribution in [0.4, 0.5) is 0 Å². The van der Waals surface area contributed by atoms with E-state index >= 15 is 0 Å². The van der Waals surface area contributed by atoms with E-state index in [9.17, 15) is 9.90 Å². The van der Waals surface area contributed by atoms with Gasteiger partial charge in [-0.15, -0.1) is 0 Å². The molecule has 1 aromatic carbocycles. The molecular formula is C15H18O3. The maximum Gasteiger partial charge on any atom is 0.339 e. The molecule has 0 saturated carbocycles. The smallest absolute Gasteiger partial charge is 0.339 e. The van der Waals surface area contributed by atoms with Crippen LogP contribution in [0, 0.1) is 0 Å². The number of phenolic OH excluding ortho intramolecular Hbond substituents is 1. The Labute approximate surface area is 106 Å². The van der Waals surface area contributed by atoms with Crippen LogP contribution >= 0.6 is 0 Å². The van der Waals surface area contributed by atoms with Crippen molar-refractivity contribution in [3.05, 3.63) is 39.7 Å². The molecule has 1 aromatic heterocycles. The molecule has 0 fully saturated rings. The van der Waals surface area contributed by atoms with E-state index < -0.39 is 0 Å². The summed E-state index contributed by atoms with van der Waals surface area (Å²) in [7, 11) is 0. The molecule has 1 heterocycles. The van der Waals surface area contributed by atoms with Gasteiger partial charge in [0.2, 0.25) is 0 Å². The minimum Gasteiger partial charge on any atom is -0.508 e. The lowest BCUT2D eigenvalue weighted by Crippen LogP contribution is -2.11. The van der Waals surface area contributed by atoms with Crippen molar-refractivity contribution in [3.8, 4) is 5.75 Å². The molecule has 0 radical (unpaired) electrons. The van der Waals surface area contributed by atoms with Crippen LogP contribution in [0.3, 0.4) is 0 Å². The second-order valence-electron chi connectivity index (χ2n) is 4.53. The molecule has 0 amide bonds. The molecule has 96 valence electrons. The average Bonchev–Trinajstić information content (AvgIpc) is 2.33. The van der Waals surface area contributed by atoms with Gasteiger partial charge in [-0.3, -0.25) is 0 Å². The van der Waals surface area contributed by atoms with Gasteiger partial charge in [-0.05, 0) is 30.5 Å². The Kier molecular flexibility index (Phi) is 3.70. The molecule has 18 heavy (non-hydrogen) atoms. The van der Waals surface area contributed by atoms with Crippen molar-refractivity contribution in [1.29, 1.82) is 0 Å². The minimum atomic E-state index is -0.265. The van der Waals surface area contributed by atoms with Gasteiger partial charge >= 0.3 is 5.63 Å². The van der Waals surface area contributed by atoms with E-state index in [-0.39, 0.29) is 11.4 Å². The summed E-state index contributed by atoms with van der Waals surface area (Å²) >= 11 is 0. The number of rotatable bonds is 4. The SMILES string of the molecule is CCCc1c(CCC)c2ccc(O)cc2oc1=O. The largest absolute Gasteiger partial charge is 0.508 e. The van der Waals surface area contributed by atoms with Crippen molar-refractivity contribution in [1.82, 2.24) is 0 Å². The number of aryl methyl sites for hydroxylation is 1. The van der Waals surface area contributed by atoms with Gasteiger partial charge in [-0.2, -0.15) is 0 Å². The van der Waals surface area contributed by atoms with Gasteiger partial charge in [0.15, 0.2) is 0 Å². The second kappa shape index (κ2) is 5.25. The van der Waals surface area contributed by atoms with Gasteiger partial charge < -0.3 is 9.52 Å². The lowest BCUT2D eigenvalue weighted by atomic mass is 9.97. The quantitative estimate of drug-likeness (QED) is 0.841. The molecule has 0 atom stereocenters. The summed E-state index contributed by atoms with van der Waals surface area (Å²) in [5.74, 6) is 0.122. The molecule has 0 aliphatic rings. The van der Waals surface area contributed by atoms with Gasteiger partial charge in [0.25, 0.3) is 0 Å². The van der Waals surface area contributed by atoms with Gasteiger partial charge in [-0.1, -0.05) is 26.7 Å². The van der Waals surface area contributed by atoms with E-state index in [1.54, 1.807) is 6.07 Å². The monoisotopic (exact) mass is 246 g/mol. The molecule has 3 nitrogen and oxygen atoms in total. The second-order valence-corrected chi connectivity index (χ2v) is 4.53. The first-order chi connectivity index (χ1) is 8.67. The Morgan fingerprint density at radius 1 is 1.11 bits per heavy atom. The van der Waals surface area contributed by atoms with Crippen molar-refractivity contribution in [2.45, 2.75) is 39.5 Å². The van der Waals surface area contributed by atoms with Crippen LogP contribution in [0.1, 0.15) is 37.8 Å². The lowest BCUT2D eigenvalue weighted by Gasteiger charge is -2.10. The van der Waals surface area contributed by atoms with Crippen LogP contribution in [0.15, 0.2) is 27.4 Å². The van der Waals surface area contributed by atoms with Gasteiger partial charge in [-0.25, -0.2) is 4.79 Å². The number of hydrogen-bond acceptors (Lipinski definition) is 3. The molecule has 0 aliphatic carbocycles. The standard InChI is InChI=1S/C15H18O3/c1-3-5-11-12-8-7-10(16)9-14(12)18-15(17)13(11)6-4-2/h7-9,16H,3-6H2,1-2H3. The Morgan fingerprint density at radius 2 is 1.78 bits per heavy atom. The van der Waals surface area contributed by atoms with Crippen LogP contribution in [0.2, 0.25) is 0 Å². The fourth-order valence-corrected chi connectivity index (χ4v) is 2.33. The van der Waals surface area contributed by atoms with E-state index in [1.807, 2.05) is 6.07 Å². The van der Waals surface area contributed by atoms with Gasteiger partial charge in [0, 0.05) is 17.0 Å². The van der Waals surface area contributed by atoms with Crippen molar-refractivity contribution in [2.75, 3.05) is 0 Å². The van der Waals surface area contributed by atoms with Crippen LogP contribution < -0.4 is 5.63 Å². The van der Waals surface area contributed by atoms with Crippen LogP contribution in [-0.4, -0.2) is 5.11 Å². The third-order valence-electron chi connectivity index (χ3n) is 3.10. The first-order valence-corrected chi connectivity index (χ1v) is 6.45. The summed E-state index contributed by atoms with van der Waals surface area (Å²) in [5.41, 5.74) is 2.07. The maximum absolute atomic E-state index is 12.0. The van der Waals surface area contributed by atoms with Gasteiger partial charge in [0.1, 0.15) is 11.3 Å². The zero-order valence-corrected chi connectivity index (χ0v) is 10.8. The summed E-state index contributed by atoms with van der Waals surface area (Å²) < 4.78 is 5.30. The summed E-state index contributed by atoms with van der Waals surface area (Å²) in [6.07, 6.45) is 3.51. The number of hydrogen-bond donors (Lipinski definition) is 1. The summed E-state index contributed by atoms with van der Waals surface area (Å²) in [4.78, 5) is 12.0.